The number of amides is 2. The maximum Gasteiger partial charge on any atom is 0.321 e. The minimum absolute atomic E-state index is 0.0108. The molecule has 0 aromatic heterocycles. The number of urea groups is 1. The summed E-state index contributed by atoms with van der Waals surface area (Å²) in [5.41, 5.74) is 3.32. The molecule has 0 atom stereocenters. The van der Waals surface area contributed by atoms with Gasteiger partial charge in [-0.15, -0.1) is 0 Å². The number of likely N-dealkylation sites (tertiary alicyclic amines) is 1. The molecule has 20 heavy (non-hydrogen) atoms. The van der Waals surface area contributed by atoms with Crippen LogP contribution < -0.4 is 5.32 Å². The molecule has 0 unspecified atom stereocenters. The fourth-order valence-corrected chi connectivity index (χ4v) is 2.61. The summed E-state index contributed by atoms with van der Waals surface area (Å²) in [5, 5.41) is 2.98. The Kier molecular flexibility index (Phi) is 4.65. The quantitative estimate of drug-likeness (QED) is 0.917. The second-order valence-corrected chi connectivity index (χ2v) is 5.51. The van der Waals surface area contributed by atoms with E-state index in [-0.39, 0.29) is 6.03 Å². The predicted molar refractivity (Wildman–Crippen MR) is 83.2 cm³/mol. The van der Waals surface area contributed by atoms with Crippen molar-refractivity contribution in [2.45, 2.75) is 33.7 Å². The molecule has 4 nitrogen and oxygen atoms in total. The average molecular weight is 275 g/mol. The maximum atomic E-state index is 12.1. The van der Waals surface area contributed by atoms with Gasteiger partial charge in [0.15, 0.2) is 0 Å². The third kappa shape index (κ3) is 3.12. The molecule has 1 saturated heterocycles. The third-order valence-electron chi connectivity index (χ3n) is 4.24. The van der Waals surface area contributed by atoms with E-state index in [1.54, 1.807) is 0 Å². The van der Waals surface area contributed by atoms with E-state index in [1.165, 1.54) is 11.1 Å². The van der Waals surface area contributed by atoms with Crippen LogP contribution in [0.4, 0.5) is 10.5 Å². The Bertz CT molecular complexity index is 477. The van der Waals surface area contributed by atoms with Gasteiger partial charge in [0.2, 0.25) is 0 Å². The van der Waals surface area contributed by atoms with Crippen LogP contribution in [0.25, 0.3) is 0 Å². The summed E-state index contributed by atoms with van der Waals surface area (Å²) >= 11 is 0. The van der Waals surface area contributed by atoms with Crippen LogP contribution in [0.1, 0.15) is 25.0 Å². The molecule has 2 amide bonds. The Labute approximate surface area is 121 Å². The number of anilines is 1. The van der Waals surface area contributed by atoms with Gasteiger partial charge in [0.05, 0.1) is 0 Å². The maximum absolute atomic E-state index is 12.1. The number of hydrogen-bond acceptors (Lipinski definition) is 2. The summed E-state index contributed by atoms with van der Waals surface area (Å²) in [5.74, 6) is 0. The third-order valence-corrected chi connectivity index (χ3v) is 4.24. The molecule has 1 aromatic rings. The van der Waals surface area contributed by atoms with E-state index in [4.69, 9.17) is 0 Å². The zero-order chi connectivity index (χ0) is 14.7. The van der Waals surface area contributed by atoms with E-state index < -0.39 is 0 Å². The molecular weight excluding hydrogens is 250 g/mol. The smallest absolute Gasteiger partial charge is 0.321 e. The molecule has 1 heterocycles. The number of carbonyl (C=O) groups excluding carboxylic acids is 1. The predicted octanol–water partition coefficient (Wildman–Crippen LogP) is 2.86. The van der Waals surface area contributed by atoms with E-state index in [9.17, 15) is 4.79 Å². The van der Waals surface area contributed by atoms with E-state index in [1.807, 2.05) is 23.1 Å². The second kappa shape index (κ2) is 6.27. The van der Waals surface area contributed by atoms with Gasteiger partial charge in [0.25, 0.3) is 0 Å². The summed E-state index contributed by atoms with van der Waals surface area (Å²) < 4.78 is 0. The number of rotatable bonds is 4. The van der Waals surface area contributed by atoms with Crippen molar-refractivity contribution in [2.75, 3.05) is 31.5 Å². The SMILES string of the molecule is CCN(CC)C1CN(C(=O)Nc2ccc(C)c(C)c2)C1. The lowest BCUT2D eigenvalue weighted by Gasteiger charge is -2.44. The van der Waals surface area contributed by atoms with E-state index in [2.05, 4.69) is 37.9 Å². The van der Waals surface area contributed by atoms with Crippen molar-refractivity contribution >= 4 is 11.7 Å². The van der Waals surface area contributed by atoms with Crippen molar-refractivity contribution in [2.24, 2.45) is 0 Å². The number of nitrogens with one attached hydrogen (secondary N) is 1. The summed E-state index contributed by atoms with van der Waals surface area (Å²) in [4.78, 5) is 16.4. The molecule has 1 N–H and O–H groups in total. The van der Waals surface area contributed by atoms with Crippen molar-refractivity contribution in [3.8, 4) is 0 Å². The van der Waals surface area contributed by atoms with E-state index in [0.717, 1.165) is 31.9 Å². The first-order chi connectivity index (χ1) is 9.55. The van der Waals surface area contributed by atoms with Gasteiger partial charge in [-0.25, -0.2) is 4.79 Å². The van der Waals surface area contributed by atoms with Gasteiger partial charge in [-0.05, 0) is 50.2 Å². The molecule has 0 bridgehead atoms. The lowest BCUT2D eigenvalue weighted by atomic mass is 10.1. The molecule has 1 aliphatic rings. The van der Waals surface area contributed by atoms with Crippen LogP contribution in [0.2, 0.25) is 0 Å². The summed E-state index contributed by atoms with van der Waals surface area (Å²) in [6.07, 6.45) is 0. The van der Waals surface area contributed by atoms with E-state index in [0.29, 0.717) is 6.04 Å². The number of nitrogens with zero attached hydrogens (tertiary/aromatic N) is 2. The second-order valence-electron chi connectivity index (χ2n) is 5.51. The fourth-order valence-electron chi connectivity index (χ4n) is 2.61. The van der Waals surface area contributed by atoms with E-state index >= 15 is 0 Å². The molecule has 4 heteroatoms. The monoisotopic (exact) mass is 275 g/mol. The number of benzene rings is 1. The first kappa shape index (κ1) is 14.9. The highest BCUT2D eigenvalue weighted by Gasteiger charge is 2.33. The Balaban J connectivity index is 1.86. The Hall–Kier alpha value is -1.55. The zero-order valence-corrected chi connectivity index (χ0v) is 12.9. The first-order valence-corrected chi connectivity index (χ1v) is 7.42. The highest BCUT2D eigenvalue weighted by atomic mass is 16.2. The largest absolute Gasteiger partial charge is 0.321 e. The van der Waals surface area contributed by atoms with Crippen LogP contribution >= 0.6 is 0 Å². The Morgan fingerprint density at radius 3 is 2.45 bits per heavy atom. The van der Waals surface area contributed by atoms with Gasteiger partial charge in [-0.2, -0.15) is 0 Å². The number of hydrogen-bond donors (Lipinski definition) is 1. The summed E-state index contributed by atoms with van der Waals surface area (Å²) in [6, 6.07) is 6.56. The number of aryl methyl sites for hydroxylation is 2. The molecule has 2 rings (SSSR count). The molecule has 1 aliphatic heterocycles. The fraction of sp³-hybridized carbons (Fsp3) is 0.562. The standard InChI is InChI=1S/C16H25N3O/c1-5-18(6-2)15-10-19(11-15)16(20)17-14-8-7-12(3)13(4)9-14/h7-9,15H,5-6,10-11H2,1-4H3,(H,17,20). The lowest BCUT2D eigenvalue weighted by Crippen LogP contribution is -2.61. The van der Waals surface area contributed by atoms with Gasteiger partial charge in [-0.1, -0.05) is 19.9 Å². The molecule has 110 valence electrons. The molecule has 0 aliphatic carbocycles. The van der Waals surface area contributed by atoms with Gasteiger partial charge in [0, 0.05) is 24.8 Å². The minimum atomic E-state index is 0.0108. The first-order valence-electron chi connectivity index (χ1n) is 7.42. The average Bonchev–Trinajstić information content (AvgIpc) is 2.37. The summed E-state index contributed by atoms with van der Waals surface area (Å²) in [7, 11) is 0. The minimum Gasteiger partial charge on any atom is -0.321 e. The highest BCUT2D eigenvalue weighted by molar-refractivity contribution is 5.90. The van der Waals surface area contributed by atoms with Crippen LogP contribution in [-0.4, -0.2) is 48.1 Å². The molecular formula is C16H25N3O. The zero-order valence-electron chi connectivity index (χ0n) is 12.9. The van der Waals surface area contributed by atoms with Crippen molar-refractivity contribution in [1.29, 1.82) is 0 Å². The molecule has 0 spiro atoms. The van der Waals surface area contributed by atoms with Crippen molar-refractivity contribution in [3.63, 3.8) is 0 Å². The van der Waals surface area contributed by atoms with Crippen LogP contribution in [0, 0.1) is 13.8 Å². The topological polar surface area (TPSA) is 35.6 Å². The van der Waals surface area contributed by atoms with Gasteiger partial charge in [-0.3, -0.25) is 4.90 Å². The van der Waals surface area contributed by atoms with Crippen molar-refractivity contribution in [1.82, 2.24) is 9.80 Å². The highest BCUT2D eigenvalue weighted by Crippen LogP contribution is 2.18. The number of likely N-dealkylation sites (N-methyl/N-ethyl adjacent to an activating group) is 1. The molecule has 1 fully saturated rings. The lowest BCUT2D eigenvalue weighted by molar-refractivity contribution is 0.0685. The normalized spacial score (nSPS) is 15.3. The van der Waals surface area contributed by atoms with Crippen molar-refractivity contribution in [3.05, 3.63) is 29.3 Å². The van der Waals surface area contributed by atoms with Gasteiger partial charge in [0.1, 0.15) is 0 Å². The van der Waals surface area contributed by atoms with Crippen LogP contribution in [0.15, 0.2) is 18.2 Å². The number of carbonyl (C=O) groups is 1. The molecule has 0 radical (unpaired) electrons. The Morgan fingerprint density at radius 1 is 1.25 bits per heavy atom. The van der Waals surface area contributed by atoms with Crippen LogP contribution in [0.5, 0.6) is 0 Å². The summed E-state index contributed by atoms with van der Waals surface area (Å²) in [6.45, 7) is 12.2. The van der Waals surface area contributed by atoms with Crippen LogP contribution in [-0.2, 0) is 0 Å². The van der Waals surface area contributed by atoms with Crippen LogP contribution in [0.3, 0.4) is 0 Å². The van der Waals surface area contributed by atoms with Gasteiger partial charge < -0.3 is 10.2 Å². The van der Waals surface area contributed by atoms with Crippen molar-refractivity contribution < 1.29 is 4.79 Å². The Morgan fingerprint density at radius 2 is 1.90 bits per heavy atom. The van der Waals surface area contributed by atoms with Gasteiger partial charge >= 0.3 is 6.03 Å². The molecule has 0 saturated carbocycles. The molecule has 1 aromatic carbocycles.